The van der Waals surface area contributed by atoms with Crippen molar-refractivity contribution in [2.45, 2.75) is 19.1 Å². The van der Waals surface area contributed by atoms with E-state index in [1.54, 1.807) is 29.3 Å². The van der Waals surface area contributed by atoms with E-state index in [-0.39, 0.29) is 5.91 Å². The Kier molecular flexibility index (Phi) is 4.37. The van der Waals surface area contributed by atoms with Crippen LogP contribution in [0.1, 0.15) is 17.2 Å². The molecule has 0 radical (unpaired) electrons. The van der Waals surface area contributed by atoms with Crippen molar-refractivity contribution in [2.24, 2.45) is 5.92 Å². The van der Waals surface area contributed by atoms with Crippen molar-refractivity contribution in [3.05, 3.63) is 95.8 Å². The summed E-state index contributed by atoms with van der Waals surface area (Å²) >= 11 is 0. The van der Waals surface area contributed by atoms with E-state index in [4.69, 9.17) is 4.84 Å². The van der Waals surface area contributed by atoms with Gasteiger partial charge in [0.05, 0.1) is 17.4 Å². The molecule has 2 fully saturated rings. The Morgan fingerprint density at radius 2 is 1.57 bits per heavy atom. The second-order valence-corrected chi connectivity index (χ2v) is 7.56. The molecule has 0 aromatic heterocycles. The quantitative estimate of drug-likeness (QED) is 0.617. The third-order valence-electron chi connectivity index (χ3n) is 5.61. The molecule has 0 bridgehead atoms. The third-order valence-corrected chi connectivity index (χ3v) is 5.61. The average Bonchev–Trinajstić information content (AvgIpc) is 3.26. The molecule has 5 rings (SSSR count). The molecule has 3 aromatic carbocycles. The first-order valence-electron chi connectivity index (χ1n) is 9.75. The molecule has 2 aliphatic heterocycles. The van der Waals surface area contributed by atoms with Gasteiger partial charge in [-0.05, 0) is 48.9 Å². The normalized spacial score (nSPS) is 23.2. The lowest BCUT2D eigenvalue weighted by atomic mass is 9.90. The Morgan fingerprint density at radius 1 is 0.833 bits per heavy atom. The molecule has 0 spiro atoms. The van der Waals surface area contributed by atoms with Crippen LogP contribution in [0.4, 0.5) is 15.8 Å². The molecule has 0 saturated carbocycles. The van der Waals surface area contributed by atoms with E-state index >= 15 is 0 Å². The van der Waals surface area contributed by atoms with Crippen LogP contribution < -0.4 is 9.96 Å². The van der Waals surface area contributed by atoms with Gasteiger partial charge >= 0.3 is 0 Å². The lowest BCUT2D eigenvalue weighted by Crippen LogP contribution is -2.37. The molecule has 0 N–H and O–H groups in total. The number of para-hydroxylation sites is 1. The van der Waals surface area contributed by atoms with Crippen LogP contribution in [0.25, 0.3) is 0 Å². The van der Waals surface area contributed by atoms with Gasteiger partial charge in [-0.1, -0.05) is 48.0 Å². The van der Waals surface area contributed by atoms with Gasteiger partial charge in [0, 0.05) is 0 Å². The lowest BCUT2D eigenvalue weighted by Gasteiger charge is -2.28. The molecule has 2 heterocycles. The van der Waals surface area contributed by atoms with Crippen LogP contribution in [0.5, 0.6) is 0 Å². The van der Waals surface area contributed by atoms with Gasteiger partial charge in [-0.3, -0.25) is 14.4 Å². The van der Waals surface area contributed by atoms with Crippen molar-refractivity contribution in [1.82, 2.24) is 0 Å². The van der Waals surface area contributed by atoms with Gasteiger partial charge in [-0.15, -0.1) is 0 Å². The second-order valence-electron chi connectivity index (χ2n) is 7.56. The van der Waals surface area contributed by atoms with Crippen LogP contribution in [-0.2, 0) is 14.4 Å². The average molecular weight is 402 g/mol. The fraction of sp³-hybridized carbons (Fsp3) is 0.167. The molecule has 0 aliphatic carbocycles. The van der Waals surface area contributed by atoms with E-state index in [0.717, 1.165) is 5.56 Å². The number of imide groups is 1. The van der Waals surface area contributed by atoms with E-state index in [0.29, 0.717) is 16.9 Å². The van der Waals surface area contributed by atoms with E-state index in [1.165, 1.54) is 17.0 Å². The summed E-state index contributed by atoms with van der Waals surface area (Å²) in [4.78, 5) is 33.8. The Bertz CT molecular complexity index is 1120. The summed E-state index contributed by atoms with van der Waals surface area (Å²) in [7, 11) is 0. The van der Waals surface area contributed by atoms with Crippen LogP contribution in [0, 0.1) is 18.7 Å². The number of fused-ring (bicyclic) bond motifs is 1. The highest BCUT2D eigenvalue weighted by Crippen LogP contribution is 2.47. The number of hydroxylamine groups is 1. The number of aryl methyl sites for hydroxylation is 1. The maximum atomic E-state index is 14.0. The monoisotopic (exact) mass is 402 g/mol. The number of halogens is 1. The SMILES string of the molecule is Cc1ccc(N2C(=O)[C@@H]3[C@@H](c4cccc(F)c4)N(c4ccccc4)O[C@H]3C2=O)cc1. The van der Waals surface area contributed by atoms with Gasteiger partial charge < -0.3 is 0 Å². The number of carbonyl (C=O) groups excluding carboxylic acids is 2. The molecular formula is C24H19FN2O3. The van der Waals surface area contributed by atoms with Crippen molar-refractivity contribution in [3.63, 3.8) is 0 Å². The number of rotatable bonds is 3. The maximum Gasteiger partial charge on any atom is 0.266 e. The Balaban J connectivity index is 1.59. The van der Waals surface area contributed by atoms with Gasteiger partial charge in [0.25, 0.3) is 5.91 Å². The molecule has 30 heavy (non-hydrogen) atoms. The number of nitrogens with zero attached hydrogens (tertiary/aromatic N) is 2. The molecule has 150 valence electrons. The summed E-state index contributed by atoms with van der Waals surface area (Å²) in [5.74, 6) is -1.94. The van der Waals surface area contributed by atoms with Gasteiger partial charge in [0.15, 0.2) is 6.10 Å². The predicted molar refractivity (Wildman–Crippen MR) is 110 cm³/mol. The van der Waals surface area contributed by atoms with Crippen molar-refractivity contribution in [3.8, 4) is 0 Å². The zero-order valence-electron chi connectivity index (χ0n) is 16.2. The highest BCUT2D eigenvalue weighted by Gasteiger charge is 2.60. The molecule has 2 amide bonds. The van der Waals surface area contributed by atoms with Gasteiger partial charge in [0.1, 0.15) is 11.7 Å². The molecule has 6 heteroatoms. The van der Waals surface area contributed by atoms with Gasteiger partial charge in [0.2, 0.25) is 5.91 Å². The van der Waals surface area contributed by atoms with Crippen molar-refractivity contribution < 1.29 is 18.8 Å². The van der Waals surface area contributed by atoms with Crippen LogP contribution >= 0.6 is 0 Å². The first kappa shape index (κ1) is 18.5. The van der Waals surface area contributed by atoms with Gasteiger partial charge in [-0.25, -0.2) is 14.4 Å². The zero-order chi connectivity index (χ0) is 20.8. The van der Waals surface area contributed by atoms with Crippen LogP contribution in [-0.4, -0.2) is 17.9 Å². The Morgan fingerprint density at radius 3 is 2.27 bits per heavy atom. The van der Waals surface area contributed by atoms with Crippen LogP contribution in [0.2, 0.25) is 0 Å². The highest BCUT2D eigenvalue weighted by atomic mass is 19.1. The highest BCUT2D eigenvalue weighted by molar-refractivity contribution is 6.23. The molecule has 3 aromatic rings. The predicted octanol–water partition coefficient (Wildman–Crippen LogP) is 4.19. The molecule has 5 nitrogen and oxygen atoms in total. The minimum Gasteiger partial charge on any atom is -0.273 e. The van der Waals surface area contributed by atoms with Crippen LogP contribution in [0.3, 0.4) is 0 Å². The number of hydrogen-bond acceptors (Lipinski definition) is 4. The molecule has 3 atom stereocenters. The van der Waals surface area contributed by atoms with Crippen molar-refractivity contribution >= 4 is 23.2 Å². The van der Waals surface area contributed by atoms with Crippen LogP contribution in [0.15, 0.2) is 78.9 Å². The number of benzene rings is 3. The summed E-state index contributed by atoms with van der Waals surface area (Å²) in [6.07, 6.45) is -0.965. The first-order chi connectivity index (χ1) is 14.5. The first-order valence-corrected chi connectivity index (χ1v) is 9.75. The summed E-state index contributed by atoms with van der Waals surface area (Å²) in [6.45, 7) is 1.94. The number of hydrogen-bond donors (Lipinski definition) is 0. The van der Waals surface area contributed by atoms with E-state index in [1.807, 2.05) is 49.4 Å². The summed E-state index contributed by atoms with van der Waals surface area (Å²) in [6, 6.07) is 21.9. The largest absolute Gasteiger partial charge is 0.273 e. The van der Waals surface area contributed by atoms with E-state index in [9.17, 15) is 14.0 Å². The summed E-state index contributed by atoms with van der Waals surface area (Å²) in [5.41, 5.74) is 2.82. The Hall–Kier alpha value is -3.51. The number of carbonyl (C=O) groups is 2. The second kappa shape index (κ2) is 7.07. The van der Waals surface area contributed by atoms with E-state index < -0.39 is 29.8 Å². The minimum absolute atomic E-state index is 0.346. The van der Waals surface area contributed by atoms with E-state index in [2.05, 4.69) is 0 Å². The molecular weight excluding hydrogens is 383 g/mol. The van der Waals surface area contributed by atoms with Crippen molar-refractivity contribution in [1.29, 1.82) is 0 Å². The van der Waals surface area contributed by atoms with Crippen molar-refractivity contribution in [2.75, 3.05) is 9.96 Å². The Labute approximate surface area is 173 Å². The fourth-order valence-corrected chi connectivity index (χ4v) is 4.19. The standard InChI is InChI=1S/C24H19FN2O3/c1-15-10-12-18(13-11-15)26-23(28)20-21(16-6-5-7-17(25)14-16)27(30-22(20)24(26)29)19-8-3-2-4-9-19/h2-14,20-22H,1H3/t20-,21-,22-/m1/s1. The summed E-state index contributed by atoms with van der Waals surface area (Å²) in [5, 5.41) is 1.56. The zero-order valence-corrected chi connectivity index (χ0v) is 16.2. The number of anilines is 2. The smallest absolute Gasteiger partial charge is 0.266 e. The van der Waals surface area contributed by atoms with Gasteiger partial charge in [-0.2, -0.15) is 0 Å². The minimum atomic E-state index is -0.965. The molecule has 2 aliphatic rings. The molecule has 0 unspecified atom stereocenters. The lowest BCUT2D eigenvalue weighted by molar-refractivity contribution is -0.126. The third kappa shape index (κ3) is 2.88. The topological polar surface area (TPSA) is 49.9 Å². The number of amides is 2. The maximum absolute atomic E-state index is 14.0. The molecule has 2 saturated heterocycles. The fourth-order valence-electron chi connectivity index (χ4n) is 4.19. The summed E-state index contributed by atoms with van der Waals surface area (Å²) < 4.78 is 14.0.